The lowest BCUT2D eigenvalue weighted by molar-refractivity contribution is -0.204. The number of hydrogen-bond acceptors (Lipinski definition) is 5. The van der Waals surface area contributed by atoms with Gasteiger partial charge in [0, 0.05) is 27.4 Å². The molecule has 0 radical (unpaired) electrons. The highest BCUT2D eigenvalue weighted by atomic mass is 28.4. The second-order valence-electron chi connectivity index (χ2n) is 3.55. The molecule has 0 amide bonds. The van der Waals surface area contributed by atoms with Crippen LogP contribution >= 0.6 is 0 Å². The number of carbonyl (C=O) groups is 1. The molecule has 0 fully saturated rings. The van der Waals surface area contributed by atoms with Crippen LogP contribution in [0.25, 0.3) is 0 Å². The van der Waals surface area contributed by atoms with Crippen LogP contribution in [-0.4, -0.2) is 48.4 Å². The van der Waals surface area contributed by atoms with E-state index in [4.69, 9.17) is 13.3 Å². The number of ether oxygens (including phenoxy) is 1. The molecule has 0 aliphatic rings. The Hall–Kier alpha value is -0.643. The third-order valence-electron chi connectivity index (χ3n) is 2.33. The minimum absolute atomic E-state index is 0.156. The van der Waals surface area contributed by atoms with Crippen molar-refractivity contribution >= 4 is 14.8 Å². The molecule has 1 atom stereocenters. The number of alkyl halides is 3. The Balaban J connectivity index is 4.26. The van der Waals surface area contributed by atoms with Gasteiger partial charge in [0.25, 0.3) is 0 Å². The van der Waals surface area contributed by atoms with Crippen molar-refractivity contribution in [1.82, 2.24) is 0 Å². The van der Waals surface area contributed by atoms with Crippen LogP contribution in [0.3, 0.4) is 0 Å². The van der Waals surface area contributed by atoms with Crippen molar-refractivity contribution in [2.24, 2.45) is 0 Å². The van der Waals surface area contributed by atoms with Crippen LogP contribution in [0.1, 0.15) is 13.3 Å². The van der Waals surface area contributed by atoms with Gasteiger partial charge in [0.1, 0.15) is 0 Å². The molecule has 1 unspecified atom stereocenters. The molecular weight excluding hydrogens is 273 g/mol. The zero-order valence-corrected chi connectivity index (χ0v) is 11.7. The lowest BCUT2D eigenvalue weighted by atomic mass is 10.3. The predicted octanol–water partition coefficient (Wildman–Crippen LogP) is 1.75. The van der Waals surface area contributed by atoms with Crippen LogP contribution < -0.4 is 0 Å². The van der Waals surface area contributed by atoms with Crippen LogP contribution in [0.15, 0.2) is 0 Å². The maximum absolute atomic E-state index is 11.9. The van der Waals surface area contributed by atoms with Gasteiger partial charge in [-0.1, -0.05) is 0 Å². The van der Waals surface area contributed by atoms with Gasteiger partial charge in [-0.25, -0.2) is 4.79 Å². The molecule has 0 N–H and O–H groups in total. The minimum atomic E-state index is -4.98. The molecule has 0 aromatic heterocycles. The number of esters is 1. The lowest BCUT2D eigenvalue weighted by Gasteiger charge is -2.25. The average molecular weight is 290 g/mol. The molecule has 0 aromatic carbocycles. The summed E-state index contributed by atoms with van der Waals surface area (Å²) in [4.78, 5) is 10.6. The van der Waals surface area contributed by atoms with E-state index in [1.807, 2.05) is 0 Å². The average Bonchev–Trinajstić information content (AvgIpc) is 2.30. The fourth-order valence-corrected chi connectivity index (χ4v) is 3.12. The van der Waals surface area contributed by atoms with E-state index in [1.165, 1.54) is 28.3 Å². The summed E-state index contributed by atoms with van der Waals surface area (Å²) < 4.78 is 55.3. The fraction of sp³-hybridized carbons (Fsp3) is 0.889. The first-order chi connectivity index (χ1) is 8.20. The Bertz CT molecular complexity index is 259. The summed E-state index contributed by atoms with van der Waals surface area (Å²) >= 11 is 0. The third-order valence-corrected chi connectivity index (χ3v) is 5.10. The number of halogens is 3. The van der Waals surface area contributed by atoms with Gasteiger partial charge < -0.3 is 18.0 Å². The van der Waals surface area contributed by atoms with E-state index in [1.54, 1.807) is 0 Å². The highest BCUT2D eigenvalue weighted by molar-refractivity contribution is 6.60. The monoisotopic (exact) mass is 290 g/mol. The number of hydrogen-bond donors (Lipinski definition) is 0. The maximum atomic E-state index is 11.9. The van der Waals surface area contributed by atoms with Crippen LogP contribution in [0.4, 0.5) is 13.2 Å². The van der Waals surface area contributed by atoms with Crippen molar-refractivity contribution < 1.29 is 36.0 Å². The smallest absolute Gasteiger partial charge is 0.456 e. The molecule has 0 aliphatic carbocycles. The van der Waals surface area contributed by atoms with Crippen LogP contribution in [0.5, 0.6) is 0 Å². The van der Waals surface area contributed by atoms with Crippen molar-refractivity contribution in [2.75, 3.05) is 21.3 Å². The Morgan fingerprint density at radius 3 is 1.94 bits per heavy atom. The van der Waals surface area contributed by atoms with Crippen LogP contribution in [0, 0.1) is 0 Å². The zero-order valence-electron chi connectivity index (χ0n) is 10.7. The first-order valence-electron chi connectivity index (χ1n) is 5.14. The van der Waals surface area contributed by atoms with Gasteiger partial charge >= 0.3 is 21.0 Å². The Kier molecular flexibility index (Phi) is 6.82. The largest absolute Gasteiger partial charge is 0.500 e. The Morgan fingerprint density at radius 1 is 1.17 bits per heavy atom. The summed E-state index contributed by atoms with van der Waals surface area (Å²) in [5, 5.41) is 0. The van der Waals surface area contributed by atoms with Crippen LogP contribution in [-0.2, 0) is 22.8 Å². The van der Waals surface area contributed by atoms with E-state index in [0.717, 1.165) is 0 Å². The summed E-state index contributed by atoms with van der Waals surface area (Å²) in [5.41, 5.74) is 0. The normalized spacial score (nSPS) is 14.4. The van der Waals surface area contributed by atoms with Gasteiger partial charge in [-0.05, 0) is 13.3 Å². The van der Waals surface area contributed by atoms with E-state index < -0.39 is 27.1 Å². The molecule has 0 aromatic rings. The summed E-state index contributed by atoms with van der Waals surface area (Å²) in [7, 11) is 1.33. The summed E-state index contributed by atoms with van der Waals surface area (Å²) in [5.74, 6) is -2.20. The van der Waals surface area contributed by atoms with E-state index in [2.05, 4.69) is 4.74 Å². The third kappa shape index (κ3) is 5.34. The topological polar surface area (TPSA) is 54.0 Å². The zero-order chi connectivity index (χ0) is 14.4. The molecule has 0 spiro atoms. The van der Waals surface area contributed by atoms with Gasteiger partial charge in [0.05, 0.1) is 6.10 Å². The van der Waals surface area contributed by atoms with Crippen molar-refractivity contribution in [3.8, 4) is 0 Å². The van der Waals surface area contributed by atoms with E-state index in [0.29, 0.717) is 0 Å². The molecule has 5 nitrogen and oxygen atoms in total. The first kappa shape index (κ1) is 17.4. The van der Waals surface area contributed by atoms with Crippen molar-refractivity contribution in [3.05, 3.63) is 0 Å². The second-order valence-corrected chi connectivity index (χ2v) is 6.64. The molecule has 0 aliphatic heterocycles. The highest BCUT2D eigenvalue weighted by Crippen LogP contribution is 2.21. The molecule has 0 saturated heterocycles. The standard InChI is InChI=1S/C9H17F3O5Si/c1-7(17-8(13)9(10,11)12)5-6-18(14-2,15-3)16-4/h7H,5-6H2,1-4H3. The Labute approximate surface area is 105 Å². The maximum Gasteiger partial charge on any atom is 0.500 e. The highest BCUT2D eigenvalue weighted by Gasteiger charge is 2.43. The molecule has 9 heteroatoms. The molecular formula is C9H17F3O5Si. The summed E-state index contributed by atoms with van der Waals surface area (Å²) in [6, 6.07) is 0.253. The lowest BCUT2D eigenvalue weighted by Crippen LogP contribution is -2.43. The van der Waals surface area contributed by atoms with Crippen molar-refractivity contribution in [2.45, 2.75) is 31.7 Å². The second kappa shape index (κ2) is 7.07. The van der Waals surface area contributed by atoms with Gasteiger partial charge in [-0.2, -0.15) is 13.2 Å². The van der Waals surface area contributed by atoms with E-state index >= 15 is 0 Å². The quantitative estimate of drug-likeness (QED) is 0.528. The number of carbonyl (C=O) groups excluding carboxylic acids is 1. The van der Waals surface area contributed by atoms with E-state index in [9.17, 15) is 18.0 Å². The fourth-order valence-electron chi connectivity index (χ4n) is 1.24. The van der Waals surface area contributed by atoms with Crippen molar-refractivity contribution in [1.29, 1.82) is 0 Å². The van der Waals surface area contributed by atoms with Crippen LogP contribution in [0.2, 0.25) is 6.04 Å². The van der Waals surface area contributed by atoms with Gasteiger partial charge in [-0.3, -0.25) is 0 Å². The summed E-state index contributed by atoms with van der Waals surface area (Å²) in [6.07, 6.45) is -5.72. The van der Waals surface area contributed by atoms with Gasteiger partial charge in [0.15, 0.2) is 0 Å². The summed E-state index contributed by atoms with van der Waals surface area (Å²) in [6.45, 7) is 1.36. The number of rotatable bonds is 7. The molecule has 0 saturated carbocycles. The van der Waals surface area contributed by atoms with E-state index in [-0.39, 0.29) is 12.5 Å². The molecule has 108 valence electrons. The molecule has 0 heterocycles. The first-order valence-corrected chi connectivity index (χ1v) is 7.07. The Morgan fingerprint density at radius 2 is 1.61 bits per heavy atom. The minimum Gasteiger partial charge on any atom is -0.456 e. The molecule has 18 heavy (non-hydrogen) atoms. The van der Waals surface area contributed by atoms with Gasteiger partial charge in [0.2, 0.25) is 0 Å². The molecule has 0 rings (SSSR count). The molecule has 0 bridgehead atoms. The van der Waals surface area contributed by atoms with Crippen molar-refractivity contribution in [3.63, 3.8) is 0 Å². The van der Waals surface area contributed by atoms with Gasteiger partial charge in [-0.15, -0.1) is 0 Å². The predicted molar refractivity (Wildman–Crippen MR) is 57.8 cm³/mol. The SMILES string of the molecule is CO[Si](CCC(C)OC(=O)C(F)(F)F)(OC)OC.